The summed E-state index contributed by atoms with van der Waals surface area (Å²) in [6, 6.07) is 0. The van der Waals surface area contributed by atoms with Crippen molar-refractivity contribution in [2.24, 2.45) is 0 Å². The maximum Gasteiger partial charge on any atom is 0.416 e. The van der Waals surface area contributed by atoms with Crippen LogP contribution in [0.3, 0.4) is 0 Å². The van der Waals surface area contributed by atoms with Gasteiger partial charge in [0.2, 0.25) is 5.82 Å². The van der Waals surface area contributed by atoms with Crippen molar-refractivity contribution in [3.8, 4) is 0 Å². The molecule has 0 fully saturated rings. The van der Waals surface area contributed by atoms with E-state index in [1.54, 1.807) is 0 Å². The molecular weight excluding hydrogens is 229 g/mol. The van der Waals surface area contributed by atoms with Gasteiger partial charge in [0.15, 0.2) is 6.10 Å². The van der Waals surface area contributed by atoms with Crippen LogP contribution < -0.4 is 5.32 Å². The summed E-state index contributed by atoms with van der Waals surface area (Å²) in [6.07, 6.45) is -7.36. The molecule has 0 saturated carbocycles. The highest BCUT2D eigenvalue weighted by Gasteiger charge is 2.38. The molecule has 16 heavy (non-hydrogen) atoms. The highest BCUT2D eigenvalue weighted by atomic mass is 19.4. The van der Waals surface area contributed by atoms with E-state index in [9.17, 15) is 18.0 Å². The summed E-state index contributed by atoms with van der Waals surface area (Å²) in [6.45, 7) is 0.601. The van der Waals surface area contributed by atoms with Gasteiger partial charge in [-0.15, -0.1) is 5.10 Å². The van der Waals surface area contributed by atoms with E-state index in [-0.39, 0.29) is 5.82 Å². The molecule has 1 rings (SSSR count). The van der Waals surface area contributed by atoms with Gasteiger partial charge in [0.05, 0.1) is 6.54 Å². The van der Waals surface area contributed by atoms with E-state index in [0.717, 1.165) is 0 Å². The number of carbonyl (C=O) groups is 1. The minimum atomic E-state index is -4.76. The third-order valence-electron chi connectivity index (χ3n) is 1.63. The van der Waals surface area contributed by atoms with Crippen LogP contribution in [0.15, 0.2) is 0 Å². The predicted molar refractivity (Wildman–Crippen MR) is 45.5 cm³/mol. The molecule has 0 bridgehead atoms. The van der Waals surface area contributed by atoms with E-state index in [0.29, 0.717) is 5.82 Å². The summed E-state index contributed by atoms with van der Waals surface area (Å²) in [5.74, 6) is -0.791. The maximum atomic E-state index is 11.9. The Bertz CT molecular complexity index is 376. The van der Waals surface area contributed by atoms with Crippen LogP contribution in [0.1, 0.15) is 16.4 Å². The number of halogens is 3. The number of aromatic amines is 1. The lowest BCUT2D eigenvalue weighted by molar-refractivity contribution is -0.201. The van der Waals surface area contributed by atoms with E-state index >= 15 is 0 Å². The average Bonchev–Trinajstić information content (AvgIpc) is 2.59. The first-order valence-electron chi connectivity index (χ1n) is 4.22. The van der Waals surface area contributed by atoms with E-state index in [1.807, 2.05) is 5.32 Å². The van der Waals surface area contributed by atoms with Gasteiger partial charge in [-0.05, 0) is 6.92 Å². The normalized spacial score (nSPS) is 13.6. The lowest BCUT2D eigenvalue weighted by atomic mass is 10.3. The molecule has 0 spiro atoms. The monoisotopic (exact) mass is 238 g/mol. The number of rotatable bonds is 3. The summed E-state index contributed by atoms with van der Waals surface area (Å²) >= 11 is 0. The van der Waals surface area contributed by atoms with Crippen LogP contribution >= 0.6 is 0 Å². The Kier molecular flexibility index (Phi) is 3.48. The second kappa shape index (κ2) is 4.47. The molecule has 1 atom stereocenters. The first-order valence-corrected chi connectivity index (χ1v) is 4.22. The van der Waals surface area contributed by atoms with E-state index in [2.05, 4.69) is 15.2 Å². The van der Waals surface area contributed by atoms with Crippen LogP contribution in [0.25, 0.3) is 0 Å². The third kappa shape index (κ3) is 3.19. The number of hydrogen-bond acceptors (Lipinski definition) is 4. The average molecular weight is 238 g/mol. The summed E-state index contributed by atoms with van der Waals surface area (Å²) in [5, 5.41) is 16.3. The van der Waals surface area contributed by atoms with Gasteiger partial charge in [0, 0.05) is 0 Å². The number of carbonyl (C=O) groups excluding carboxylic acids is 1. The zero-order valence-corrected chi connectivity index (χ0v) is 8.17. The number of nitrogens with zero attached hydrogens (tertiary/aromatic N) is 2. The lowest BCUT2D eigenvalue weighted by Gasteiger charge is -2.14. The van der Waals surface area contributed by atoms with Gasteiger partial charge in [0.1, 0.15) is 5.82 Å². The van der Waals surface area contributed by atoms with Gasteiger partial charge in [-0.2, -0.15) is 13.2 Å². The highest BCUT2D eigenvalue weighted by molar-refractivity contribution is 5.90. The van der Waals surface area contributed by atoms with Gasteiger partial charge in [-0.25, -0.2) is 4.98 Å². The fourth-order valence-corrected chi connectivity index (χ4v) is 0.828. The lowest BCUT2D eigenvalue weighted by Crippen LogP contribution is -2.41. The quantitative estimate of drug-likeness (QED) is 0.678. The SMILES string of the molecule is Cc1nc(C(=O)NCC(O)C(F)(F)F)n[nH]1. The Morgan fingerprint density at radius 1 is 1.62 bits per heavy atom. The Balaban J connectivity index is 2.48. The number of aryl methyl sites for hydroxylation is 1. The van der Waals surface area contributed by atoms with Gasteiger partial charge in [-0.3, -0.25) is 9.89 Å². The molecule has 1 aromatic rings. The first-order chi connectivity index (χ1) is 7.30. The summed E-state index contributed by atoms with van der Waals surface area (Å²) in [4.78, 5) is 14.8. The van der Waals surface area contributed by atoms with Crippen molar-refractivity contribution in [2.45, 2.75) is 19.2 Å². The molecule has 9 heteroatoms. The van der Waals surface area contributed by atoms with Gasteiger partial charge in [0.25, 0.3) is 5.91 Å². The number of amides is 1. The molecule has 0 radical (unpaired) electrons. The standard InChI is InChI=1S/C7H9F3N4O2/c1-3-12-5(14-13-3)6(16)11-2-4(15)7(8,9)10/h4,15H,2H2,1H3,(H,11,16)(H,12,13,14). The summed E-state index contributed by atoms with van der Waals surface area (Å²) in [5.41, 5.74) is 0. The second-order valence-corrected chi connectivity index (χ2v) is 3.01. The van der Waals surface area contributed by atoms with Crippen molar-refractivity contribution in [3.05, 3.63) is 11.6 Å². The van der Waals surface area contributed by atoms with Crippen LogP contribution in [0.4, 0.5) is 13.2 Å². The highest BCUT2D eigenvalue weighted by Crippen LogP contribution is 2.19. The molecule has 0 aromatic carbocycles. The van der Waals surface area contributed by atoms with Crippen LogP contribution in [-0.4, -0.2) is 45.0 Å². The van der Waals surface area contributed by atoms with Crippen molar-refractivity contribution in [2.75, 3.05) is 6.54 Å². The molecule has 6 nitrogen and oxygen atoms in total. The Labute approximate surface area is 87.9 Å². The summed E-state index contributed by atoms with van der Waals surface area (Å²) in [7, 11) is 0. The number of nitrogens with one attached hydrogen (secondary N) is 2. The molecule has 0 saturated heterocycles. The minimum Gasteiger partial charge on any atom is -0.382 e. The number of hydrogen-bond donors (Lipinski definition) is 3. The van der Waals surface area contributed by atoms with E-state index in [1.165, 1.54) is 6.92 Å². The van der Waals surface area contributed by atoms with Gasteiger partial charge in [-0.1, -0.05) is 0 Å². The van der Waals surface area contributed by atoms with Crippen LogP contribution in [0.5, 0.6) is 0 Å². The second-order valence-electron chi connectivity index (χ2n) is 3.01. The van der Waals surface area contributed by atoms with Gasteiger partial charge < -0.3 is 10.4 Å². The molecule has 3 N–H and O–H groups in total. The number of alkyl halides is 3. The molecule has 0 aliphatic heterocycles. The van der Waals surface area contributed by atoms with Crippen LogP contribution in [0, 0.1) is 6.92 Å². The molecule has 1 amide bonds. The summed E-state index contributed by atoms with van der Waals surface area (Å²) < 4.78 is 35.6. The largest absolute Gasteiger partial charge is 0.416 e. The smallest absolute Gasteiger partial charge is 0.382 e. The van der Waals surface area contributed by atoms with Crippen LogP contribution in [-0.2, 0) is 0 Å². The van der Waals surface area contributed by atoms with Gasteiger partial charge >= 0.3 is 6.18 Å². The predicted octanol–water partition coefficient (Wildman–Crippen LogP) is -0.234. The fourth-order valence-electron chi connectivity index (χ4n) is 0.828. The van der Waals surface area contributed by atoms with Crippen molar-refractivity contribution < 1.29 is 23.1 Å². The van der Waals surface area contributed by atoms with Crippen molar-refractivity contribution in [3.63, 3.8) is 0 Å². The molecule has 1 unspecified atom stereocenters. The van der Waals surface area contributed by atoms with Crippen molar-refractivity contribution >= 4 is 5.91 Å². The topological polar surface area (TPSA) is 90.9 Å². The molecule has 1 aromatic heterocycles. The van der Waals surface area contributed by atoms with E-state index in [4.69, 9.17) is 5.11 Å². The fraction of sp³-hybridized carbons (Fsp3) is 0.571. The molecule has 1 heterocycles. The number of aliphatic hydroxyl groups is 1. The Hall–Kier alpha value is -1.64. The number of aliphatic hydroxyl groups excluding tert-OH is 1. The Morgan fingerprint density at radius 2 is 2.25 bits per heavy atom. The first kappa shape index (κ1) is 12.4. The van der Waals surface area contributed by atoms with Crippen molar-refractivity contribution in [1.82, 2.24) is 20.5 Å². The third-order valence-corrected chi connectivity index (χ3v) is 1.63. The Morgan fingerprint density at radius 3 is 2.69 bits per heavy atom. The molecule has 0 aliphatic rings. The molecule has 90 valence electrons. The van der Waals surface area contributed by atoms with E-state index < -0.39 is 24.7 Å². The maximum absolute atomic E-state index is 11.9. The zero-order valence-electron chi connectivity index (χ0n) is 8.17. The zero-order chi connectivity index (χ0) is 12.3. The molecule has 0 aliphatic carbocycles. The number of aromatic nitrogens is 3. The minimum absolute atomic E-state index is 0.271. The number of H-pyrrole nitrogens is 1. The van der Waals surface area contributed by atoms with Crippen molar-refractivity contribution in [1.29, 1.82) is 0 Å². The molecular formula is C7H9F3N4O2. The van der Waals surface area contributed by atoms with Crippen LogP contribution in [0.2, 0.25) is 0 Å².